The molecule has 66 valence electrons. The van der Waals surface area contributed by atoms with Gasteiger partial charge in [-0.1, -0.05) is 12.1 Å². The zero-order valence-electron chi connectivity index (χ0n) is 6.75. The summed E-state index contributed by atoms with van der Waals surface area (Å²) in [6.45, 7) is -0.294. The van der Waals surface area contributed by atoms with Crippen LogP contribution in [0.15, 0.2) is 18.2 Å². The Hall–Kier alpha value is -0.970. The summed E-state index contributed by atoms with van der Waals surface area (Å²) in [6, 6.07) is 4.78. The summed E-state index contributed by atoms with van der Waals surface area (Å²) in [4.78, 5) is 4.66. The summed E-state index contributed by atoms with van der Waals surface area (Å²) in [5.74, 6) is -0.429. The van der Waals surface area contributed by atoms with Gasteiger partial charge in [0.1, 0.15) is 0 Å². The van der Waals surface area contributed by atoms with Crippen LogP contribution in [0.5, 0.6) is 0 Å². The molecule has 1 rings (SSSR count). The molecule has 0 radical (unpaired) electrons. The Balaban J connectivity index is 2.97. The standard InChI is InChI=1S/C8H10FNO2/c1-12-10-7-4-2-3-6(5-11)8(7)9/h2-4,10-11H,5H2,1H3/p+1. The SMILES string of the molecule is CO[NH2+]c1cccc(CO)c1F. The van der Waals surface area contributed by atoms with Crippen LogP contribution in [-0.4, -0.2) is 12.2 Å². The van der Waals surface area contributed by atoms with E-state index in [1.807, 2.05) is 0 Å². The minimum atomic E-state index is -0.429. The van der Waals surface area contributed by atoms with E-state index in [9.17, 15) is 4.39 Å². The zero-order chi connectivity index (χ0) is 8.97. The van der Waals surface area contributed by atoms with E-state index in [1.165, 1.54) is 18.7 Å². The second-order valence-electron chi connectivity index (χ2n) is 2.33. The fourth-order valence-corrected chi connectivity index (χ4v) is 0.940. The molecule has 3 nitrogen and oxygen atoms in total. The number of benzene rings is 1. The molecule has 0 heterocycles. The normalized spacial score (nSPS) is 10.2. The molecular weight excluding hydrogens is 161 g/mol. The molecule has 0 bridgehead atoms. The molecule has 1 aromatic rings. The van der Waals surface area contributed by atoms with E-state index >= 15 is 0 Å². The van der Waals surface area contributed by atoms with Crippen LogP contribution >= 0.6 is 0 Å². The molecule has 0 aromatic heterocycles. The van der Waals surface area contributed by atoms with E-state index in [0.717, 1.165) is 0 Å². The zero-order valence-corrected chi connectivity index (χ0v) is 6.75. The maximum Gasteiger partial charge on any atom is 0.198 e. The summed E-state index contributed by atoms with van der Waals surface area (Å²) in [7, 11) is 1.45. The number of hydrogen-bond donors (Lipinski definition) is 2. The largest absolute Gasteiger partial charge is 0.392 e. The number of halogens is 1. The number of quaternary nitrogens is 1. The smallest absolute Gasteiger partial charge is 0.198 e. The number of aliphatic hydroxyl groups is 1. The lowest BCUT2D eigenvalue weighted by molar-refractivity contribution is -0.831. The van der Waals surface area contributed by atoms with E-state index in [0.29, 0.717) is 5.69 Å². The van der Waals surface area contributed by atoms with Crippen molar-refractivity contribution in [1.29, 1.82) is 0 Å². The van der Waals surface area contributed by atoms with Gasteiger partial charge >= 0.3 is 0 Å². The lowest BCUT2D eigenvalue weighted by Gasteiger charge is -2.01. The van der Waals surface area contributed by atoms with Crippen LogP contribution in [0.1, 0.15) is 5.56 Å². The molecule has 0 atom stereocenters. The summed E-state index contributed by atoms with van der Waals surface area (Å²) in [5, 5.41) is 8.72. The molecule has 0 fully saturated rings. The Labute approximate surface area is 69.7 Å². The molecule has 0 saturated heterocycles. The Morgan fingerprint density at radius 2 is 2.33 bits per heavy atom. The highest BCUT2D eigenvalue weighted by Gasteiger charge is 2.09. The van der Waals surface area contributed by atoms with Crippen molar-refractivity contribution in [3.8, 4) is 0 Å². The van der Waals surface area contributed by atoms with Gasteiger partial charge in [-0.2, -0.15) is 9.87 Å². The van der Waals surface area contributed by atoms with Gasteiger partial charge in [-0.25, -0.2) is 4.84 Å². The van der Waals surface area contributed by atoms with Crippen molar-refractivity contribution in [3.05, 3.63) is 29.6 Å². The Morgan fingerprint density at radius 1 is 1.58 bits per heavy atom. The fraction of sp³-hybridized carbons (Fsp3) is 0.250. The van der Waals surface area contributed by atoms with Gasteiger partial charge in [0.2, 0.25) is 0 Å². The van der Waals surface area contributed by atoms with Crippen LogP contribution < -0.4 is 5.48 Å². The minimum Gasteiger partial charge on any atom is -0.392 e. The Morgan fingerprint density at radius 3 is 2.92 bits per heavy atom. The fourth-order valence-electron chi connectivity index (χ4n) is 0.940. The summed E-state index contributed by atoms with van der Waals surface area (Å²) in [6.07, 6.45) is 0. The third kappa shape index (κ3) is 1.79. The average molecular weight is 172 g/mol. The average Bonchev–Trinajstić information content (AvgIpc) is 2.09. The predicted molar refractivity (Wildman–Crippen MR) is 40.9 cm³/mol. The molecule has 12 heavy (non-hydrogen) atoms. The van der Waals surface area contributed by atoms with Crippen LogP contribution in [0.2, 0.25) is 0 Å². The maximum absolute atomic E-state index is 13.2. The van der Waals surface area contributed by atoms with Crippen molar-refractivity contribution in [1.82, 2.24) is 0 Å². The van der Waals surface area contributed by atoms with E-state index in [1.54, 1.807) is 12.1 Å². The monoisotopic (exact) mass is 172 g/mol. The third-order valence-corrected chi connectivity index (χ3v) is 1.52. The summed E-state index contributed by atoms with van der Waals surface area (Å²) >= 11 is 0. The molecule has 4 heteroatoms. The molecule has 0 aliphatic rings. The molecule has 0 aliphatic heterocycles. The highest BCUT2D eigenvalue weighted by atomic mass is 19.1. The van der Waals surface area contributed by atoms with E-state index in [4.69, 9.17) is 5.11 Å². The second kappa shape index (κ2) is 4.15. The lowest BCUT2D eigenvalue weighted by atomic mass is 10.2. The van der Waals surface area contributed by atoms with Gasteiger partial charge in [-0.15, -0.1) is 0 Å². The molecule has 0 aliphatic carbocycles. The Kier molecular flexibility index (Phi) is 3.16. The van der Waals surface area contributed by atoms with Crippen molar-refractivity contribution in [2.45, 2.75) is 6.61 Å². The van der Waals surface area contributed by atoms with Crippen molar-refractivity contribution in [2.75, 3.05) is 7.11 Å². The maximum atomic E-state index is 13.2. The molecule has 0 unspecified atom stereocenters. The van der Waals surface area contributed by atoms with E-state index in [-0.39, 0.29) is 12.2 Å². The van der Waals surface area contributed by atoms with Gasteiger partial charge in [0, 0.05) is 11.6 Å². The quantitative estimate of drug-likeness (QED) is 0.501. The van der Waals surface area contributed by atoms with Gasteiger partial charge in [0.05, 0.1) is 13.7 Å². The van der Waals surface area contributed by atoms with Crippen molar-refractivity contribution >= 4 is 5.69 Å². The topological polar surface area (TPSA) is 46.1 Å². The van der Waals surface area contributed by atoms with Crippen LogP contribution in [0.25, 0.3) is 0 Å². The highest BCUT2D eigenvalue weighted by Crippen LogP contribution is 2.12. The number of rotatable bonds is 3. The molecule has 0 saturated carbocycles. The van der Waals surface area contributed by atoms with Crippen molar-refractivity contribution in [2.24, 2.45) is 0 Å². The van der Waals surface area contributed by atoms with E-state index in [2.05, 4.69) is 4.84 Å². The first-order valence-corrected chi connectivity index (χ1v) is 3.54. The molecule has 1 aromatic carbocycles. The first-order chi connectivity index (χ1) is 5.79. The summed E-state index contributed by atoms with van der Waals surface area (Å²) in [5.41, 5.74) is 1.93. The summed E-state index contributed by atoms with van der Waals surface area (Å²) < 4.78 is 13.2. The van der Waals surface area contributed by atoms with Gasteiger partial charge in [0.15, 0.2) is 11.5 Å². The number of nitrogens with two attached hydrogens (primary N) is 1. The predicted octanol–water partition coefficient (Wildman–Crippen LogP) is 0.0743. The number of hydrogen-bond acceptors (Lipinski definition) is 2. The first-order valence-electron chi connectivity index (χ1n) is 3.54. The van der Waals surface area contributed by atoms with Gasteiger partial charge < -0.3 is 5.11 Å². The van der Waals surface area contributed by atoms with Gasteiger partial charge in [-0.05, 0) is 0 Å². The molecule has 0 spiro atoms. The Bertz CT molecular complexity index is 265. The first kappa shape index (κ1) is 9.12. The van der Waals surface area contributed by atoms with Crippen molar-refractivity contribution < 1.29 is 19.8 Å². The van der Waals surface area contributed by atoms with E-state index < -0.39 is 5.82 Å². The van der Waals surface area contributed by atoms with Crippen molar-refractivity contribution in [3.63, 3.8) is 0 Å². The number of aliphatic hydroxyl groups excluding tert-OH is 1. The van der Waals surface area contributed by atoms with Crippen LogP contribution in [0, 0.1) is 5.82 Å². The second-order valence-corrected chi connectivity index (χ2v) is 2.33. The molecule has 3 N–H and O–H groups in total. The van der Waals surface area contributed by atoms with Gasteiger partial charge in [0.25, 0.3) is 0 Å². The molecular formula is C8H11FNO2+. The van der Waals surface area contributed by atoms with Gasteiger partial charge in [-0.3, -0.25) is 0 Å². The lowest BCUT2D eigenvalue weighted by Crippen LogP contribution is -2.76. The van der Waals surface area contributed by atoms with Crippen LogP contribution in [0.3, 0.4) is 0 Å². The molecule has 0 amide bonds. The van der Waals surface area contributed by atoms with Crippen LogP contribution in [-0.2, 0) is 11.4 Å². The van der Waals surface area contributed by atoms with Crippen LogP contribution in [0.4, 0.5) is 10.1 Å². The minimum absolute atomic E-state index is 0.279. The highest BCUT2D eigenvalue weighted by molar-refractivity contribution is 5.34. The third-order valence-electron chi connectivity index (χ3n) is 1.52.